The largest absolute Gasteiger partial charge is 0.450 e. The third-order valence-corrected chi connectivity index (χ3v) is 4.47. The van der Waals surface area contributed by atoms with Gasteiger partial charge in [0.1, 0.15) is 5.82 Å². The molecule has 1 aliphatic heterocycles. The van der Waals surface area contributed by atoms with Gasteiger partial charge < -0.3 is 20.3 Å². The maximum absolute atomic E-state index is 12.2. The zero-order valence-corrected chi connectivity index (χ0v) is 15.8. The van der Waals surface area contributed by atoms with Crippen molar-refractivity contribution in [3.63, 3.8) is 0 Å². The van der Waals surface area contributed by atoms with Crippen molar-refractivity contribution >= 4 is 17.8 Å². The van der Waals surface area contributed by atoms with Gasteiger partial charge >= 0.3 is 6.09 Å². The Morgan fingerprint density at radius 1 is 1.14 bits per heavy atom. The van der Waals surface area contributed by atoms with Gasteiger partial charge in [-0.1, -0.05) is 0 Å². The summed E-state index contributed by atoms with van der Waals surface area (Å²) in [6.45, 7) is 3.87. The third kappa shape index (κ3) is 5.38. The number of carbonyl (C=O) groups is 2. The molecule has 0 atom stereocenters. The van der Waals surface area contributed by atoms with Crippen LogP contribution in [0.25, 0.3) is 0 Å². The van der Waals surface area contributed by atoms with E-state index < -0.39 is 0 Å². The maximum atomic E-state index is 12.2. The van der Waals surface area contributed by atoms with Crippen molar-refractivity contribution in [2.45, 2.75) is 32.4 Å². The van der Waals surface area contributed by atoms with E-state index in [1.165, 1.54) is 0 Å². The Balaban J connectivity index is 1.45. The van der Waals surface area contributed by atoms with Crippen molar-refractivity contribution in [2.24, 2.45) is 0 Å². The highest BCUT2D eigenvalue weighted by Crippen LogP contribution is 2.15. The molecule has 0 saturated carbocycles. The Bertz CT molecular complexity index is 776. The van der Waals surface area contributed by atoms with Gasteiger partial charge in [0.2, 0.25) is 0 Å². The molecule has 2 N–H and O–H groups in total. The normalized spacial score (nSPS) is 14.4. The molecule has 3 heterocycles. The summed E-state index contributed by atoms with van der Waals surface area (Å²) in [7, 11) is 0. The number of aromatic nitrogens is 3. The van der Waals surface area contributed by atoms with E-state index in [0.717, 1.165) is 18.4 Å². The quantitative estimate of drug-likeness (QED) is 0.782. The average Bonchev–Trinajstić information content (AvgIpc) is 2.74. The van der Waals surface area contributed by atoms with Crippen LogP contribution in [0.3, 0.4) is 0 Å². The number of anilines is 1. The fourth-order valence-electron chi connectivity index (χ4n) is 2.93. The van der Waals surface area contributed by atoms with Crippen molar-refractivity contribution < 1.29 is 14.3 Å². The molecule has 3 rings (SSSR count). The minimum atomic E-state index is -0.279. The molecule has 0 aromatic carbocycles. The second kappa shape index (κ2) is 9.63. The van der Waals surface area contributed by atoms with Crippen molar-refractivity contribution in [3.05, 3.63) is 47.9 Å². The standard InChI is InChI=1S/C19H24N6O3/c1-2-28-19(27)25-11-7-15(8-12-25)22-17-4-3-16(23-24-17)18(26)21-13-14-5-9-20-10-6-14/h3-6,9-10,15H,2,7-8,11-13H2,1H3,(H,21,26)(H,22,24). The van der Waals surface area contributed by atoms with E-state index in [1.807, 2.05) is 12.1 Å². The molecule has 9 heteroatoms. The second-order valence-corrected chi connectivity index (χ2v) is 6.45. The number of piperidine rings is 1. The summed E-state index contributed by atoms with van der Waals surface area (Å²) in [4.78, 5) is 29.6. The van der Waals surface area contributed by atoms with E-state index in [1.54, 1.807) is 36.4 Å². The molecular weight excluding hydrogens is 360 g/mol. The molecule has 2 amide bonds. The van der Waals surface area contributed by atoms with Crippen LogP contribution in [0.5, 0.6) is 0 Å². The van der Waals surface area contributed by atoms with Crippen LogP contribution in [-0.2, 0) is 11.3 Å². The summed E-state index contributed by atoms with van der Waals surface area (Å²) in [5, 5.41) is 14.2. The van der Waals surface area contributed by atoms with Crippen LogP contribution in [-0.4, -0.2) is 57.8 Å². The van der Waals surface area contributed by atoms with E-state index >= 15 is 0 Å². The van der Waals surface area contributed by atoms with Crippen LogP contribution in [0, 0.1) is 0 Å². The lowest BCUT2D eigenvalue weighted by atomic mass is 10.1. The SMILES string of the molecule is CCOC(=O)N1CCC(Nc2ccc(C(=O)NCc3ccncc3)nn2)CC1. The molecule has 148 valence electrons. The second-order valence-electron chi connectivity index (χ2n) is 6.45. The topological polar surface area (TPSA) is 109 Å². The van der Waals surface area contributed by atoms with Crippen LogP contribution in [0.2, 0.25) is 0 Å². The molecule has 0 aliphatic carbocycles. The molecule has 0 radical (unpaired) electrons. The summed E-state index contributed by atoms with van der Waals surface area (Å²) < 4.78 is 5.02. The Morgan fingerprint density at radius 3 is 2.54 bits per heavy atom. The number of rotatable bonds is 6. The number of carbonyl (C=O) groups excluding carboxylic acids is 2. The summed E-state index contributed by atoms with van der Waals surface area (Å²) in [6, 6.07) is 7.27. The number of likely N-dealkylation sites (tertiary alicyclic amines) is 1. The van der Waals surface area contributed by atoms with Gasteiger partial charge in [-0.25, -0.2) is 4.79 Å². The Hall–Kier alpha value is -3.23. The van der Waals surface area contributed by atoms with E-state index in [4.69, 9.17) is 4.74 Å². The fourth-order valence-corrected chi connectivity index (χ4v) is 2.93. The minimum Gasteiger partial charge on any atom is -0.450 e. The summed E-state index contributed by atoms with van der Waals surface area (Å²) in [6.07, 6.45) is 4.70. The van der Waals surface area contributed by atoms with Gasteiger partial charge in [-0.3, -0.25) is 9.78 Å². The molecule has 2 aromatic rings. The molecule has 1 fully saturated rings. The molecule has 1 saturated heterocycles. The smallest absolute Gasteiger partial charge is 0.409 e. The van der Waals surface area contributed by atoms with Gasteiger partial charge in [0.25, 0.3) is 5.91 Å². The first-order valence-electron chi connectivity index (χ1n) is 9.34. The Labute approximate surface area is 163 Å². The van der Waals surface area contributed by atoms with Crippen molar-refractivity contribution in [2.75, 3.05) is 25.0 Å². The van der Waals surface area contributed by atoms with Crippen LogP contribution in [0.15, 0.2) is 36.7 Å². The highest BCUT2D eigenvalue weighted by molar-refractivity contribution is 5.92. The van der Waals surface area contributed by atoms with Gasteiger partial charge in [0.15, 0.2) is 5.69 Å². The zero-order chi connectivity index (χ0) is 19.8. The molecule has 1 aliphatic rings. The number of nitrogens with zero attached hydrogens (tertiary/aromatic N) is 4. The summed E-state index contributed by atoms with van der Waals surface area (Å²) in [5.74, 6) is 0.332. The third-order valence-electron chi connectivity index (χ3n) is 4.47. The molecule has 0 bridgehead atoms. The van der Waals surface area contributed by atoms with Gasteiger partial charge in [0.05, 0.1) is 6.61 Å². The lowest BCUT2D eigenvalue weighted by molar-refractivity contribution is 0.0944. The number of hydrogen-bond acceptors (Lipinski definition) is 7. The number of nitrogens with one attached hydrogen (secondary N) is 2. The van der Waals surface area contributed by atoms with Gasteiger partial charge in [0, 0.05) is 38.1 Å². The van der Waals surface area contributed by atoms with E-state index in [9.17, 15) is 9.59 Å². The lowest BCUT2D eigenvalue weighted by Gasteiger charge is -2.31. The summed E-state index contributed by atoms with van der Waals surface area (Å²) >= 11 is 0. The monoisotopic (exact) mass is 384 g/mol. The van der Waals surface area contributed by atoms with E-state index in [0.29, 0.717) is 32.1 Å². The predicted molar refractivity (Wildman–Crippen MR) is 103 cm³/mol. The predicted octanol–water partition coefficient (Wildman–Crippen LogP) is 1.83. The minimum absolute atomic E-state index is 0.200. The van der Waals surface area contributed by atoms with Crippen LogP contribution in [0.1, 0.15) is 35.8 Å². The number of amides is 2. The van der Waals surface area contributed by atoms with Crippen molar-refractivity contribution in [1.82, 2.24) is 25.4 Å². The maximum Gasteiger partial charge on any atom is 0.409 e. The lowest BCUT2D eigenvalue weighted by Crippen LogP contribution is -2.42. The molecular formula is C19H24N6O3. The summed E-state index contributed by atoms with van der Waals surface area (Å²) in [5.41, 5.74) is 1.22. The molecule has 9 nitrogen and oxygen atoms in total. The Morgan fingerprint density at radius 2 is 1.89 bits per heavy atom. The van der Waals surface area contributed by atoms with Crippen LogP contribution < -0.4 is 10.6 Å². The number of ether oxygens (including phenoxy) is 1. The van der Waals surface area contributed by atoms with Gasteiger partial charge in [-0.05, 0) is 49.6 Å². The molecule has 2 aromatic heterocycles. The first-order valence-corrected chi connectivity index (χ1v) is 9.34. The first-order chi connectivity index (χ1) is 13.7. The highest BCUT2D eigenvalue weighted by Gasteiger charge is 2.23. The molecule has 0 spiro atoms. The molecule has 0 unspecified atom stereocenters. The van der Waals surface area contributed by atoms with E-state index in [-0.39, 0.29) is 23.7 Å². The van der Waals surface area contributed by atoms with Crippen molar-refractivity contribution in [1.29, 1.82) is 0 Å². The first kappa shape index (κ1) is 19.5. The van der Waals surface area contributed by atoms with Gasteiger partial charge in [-0.2, -0.15) is 0 Å². The van der Waals surface area contributed by atoms with E-state index in [2.05, 4.69) is 25.8 Å². The highest BCUT2D eigenvalue weighted by atomic mass is 16.6. The van der Waals surface area contributed by atoms with Gasteiger partial charge in [-0.15, -0.1) is 10.2 Å². The Kier molecular flexibility index (Phi) is 6.72. The molecule has 28 heavy (non-hydrogen) atoms. The van der Waals surface area contributed by atoms with Crippen molar-refractivity contribution in [3.8, 4) is 0 Å². The fraction of sp³-hybridized carbons (Fsp3) is 0.421. The average molecular weight is 384 g/mol. The van der Waals surface area contributed by atoms with Crippen LogP contribution >= 0.6 is 0 Å². The zero-order valence-electron chi connectivity index (χ0n) is 15.8. The van der Waals surface area contributed by atoms with Crippen LogP contribution in [0.4, 0.5) is 10.6 Å². The number of hydrogen-bond donors (Lipinski definition) is 2. The number of pyridine rings is 1.